The summed E-state index contributed by atoms with van der Waals surface area (Å²) in [5.41, 5.74) is 2.86. The van der Waals surface area contributed by atoms with Crippen molar-refractivity contribution in [2.45, 2.75) is 45.7 Å². The Bertz CT molecular complexity index is 785. The number of nitrogens with one attached hydrogen (secondary N) is 3. The van der Waals surface area contributed by atoms with Gasteiger partial charge in [0.15, 0.2) is 5.96 Å². The molecule has 0 radical (unpaired) electrons. The van der Waals surface area contributed by atoms with Crippen molar-refractivity contribution in [2.24, 2.45) is 10.9 Å². The number of amides is 1. The fraction of sp³-hybridized carbons (Fsp3) is 0.409. The average Bonchev–Trinajstić information content (AvgIpc) is 3.26. The Morgan fingerprint density at radius 2 is 2.00 bits per heavy atom. The van der Waals surface area contributed by atoms with Gasteiger partial charge in [0, 0.05) is 24.3 Å². The second-order valence-electron chi connectivity index (χ2n) is 7.04. The smallest absolute Gasteiger partial charge is 0.227 e. The van der Waals surface area contributed by atoms with E-state index in [1.165, 1.54) is 0 Å². The lowest BCUT2D eigenvalue weighted by atomic mass is 10.1. The number of carbonyl (C=O) groups is 1. The van der Waals surface area contributed by atoms with Crippen molar-refractivity contribution in [1.82, 2.24) is 15.6 Å². The third-order valence-corrected chi connectivity index (χ3v) is 4.85. The van der Waals surface area contributed by atoms with E-state index in [1.807, 2.05) is 49.4 Å². The van der Waals surface area contributed by atoms with Gasteiger partial charge < -0.3 is 16.0 Å². The van der Waals surface area contributed by atoms with Gasteiger partial charge in [-0.05, 0) is 49.6 Å². The predicted octanol–water partition coefficient (Wildman–Crippen LogP) is 3.47. The van der Waals surface area contributed by atoms with E-state index in [9.17, 15) is 4.79 Å². The van der Waals surface area contributed by atoms with E-state index in [0.29, 0.717) is 13.1 Å². The summed E-state index contributed by atoms with van der Waals surface area (Å²) in [5.74, 6) is 1.05. The lowest BCUT2D eigenvalue weighted by molar-refractivity contribution is -0.119. The maximum absolute atomic E-state index is 12.3. The van der Waals surface area contributed by atoms with Crippen LogP contribution in [0.15, 0.2) is 53.7 Å². The molecule has 0 unspecified atom stereocenters. The van der Waals surface area contributed by atoms with Gasteiger partial charge >= 0.3 is 0 Å². The van der Waals surface area contributed by atoms with Gasteiger partial charge in [-0.2, -0.15) is 0 Å². The van der Waals surface area contributed by atoms with E-state index in [1.54, 1.807) is 6.20 Å². The minimum absolute atomic E-state index is 0.142. The normalized spacial score (nSPS) is 14.7. The molecule has 1 aromatic heterocycles. The Hall–Kier alpha value is -2.89. The first kappa shape index (κ1) is 19.9. The molecule has 0 saturated heterocycles. The molecule has 0 bridgehead atoms. The van der Waals surface area contributed by atoms with Gasteiger partial charge in [0.1, 0.15) is 0 Å². The van der Waals surface area contributed by atoms with E-state index in [-0.39, 0.29) is 11.8 Å². The first-order chi connectivity index (χ1) is 13.7. The Morgan fingerprint density at radius 1 is 1.14 bits per heavy atom. The van der Waals surface area contributed by atoms with Crippen molar-refractivity contribution in [3.8, 4) is 0 Å². The zero-order valence-corrected chi connectivity index (χ0v) is 16.4. The van der Waals surface area contributed by atoms with Crippen LogP contribution >= 0.6 is 0 Å². The van der Waals surface area contributed by atoms with Crippen LogP contribution in [0.3, 0.4) is 0 Å². The fourth-order valence-electron chi connectivity index (χ4n) is 3.37. The van der Waals surface area contributed by atoms with Crippen molar-refractivity contribution in [3.63, 3.8) is 0 Å². The number of hydrogen-bond acceptors (Lipinski definition) is 3. The molecule has 3 rings (SSSR count). The molecule has 1 heterocycles. The highest BCUT2D eigenvalue weighted by Crippen LogP contribution is 2.26. The zero-order valence-electron chi connectivity index (χ0n) is 16.4. The summed E-state index contributed by atoms with van der Waals surface area (Å²) in [6.45, 7) is 3.97. The quantitative estimate of drug-likeness (QED) is 0.508. The molecule has 0 aliphatic heterocycles. The van der Waals surface area contributed by atoms with Gasteiger partial charge in [0.05, 0.1) is 18.8 Å². The molecule has 1 aliphatic carbocycles. The average molecular weight is 380 g/mol. The summed E-state index contributed by atoms with van der Waals surface area (Å²) in [5, 5.41) is 9.60. The van der Waals surface area contributed by atoms with Gasteiger partial charge in [-0.15, -0.1) is 0 Å². The van der Waals surface area contributed by atoms with Crippen molar-refractivity contribution >= 4 is 17.6 Å². The second kappa shape index (κ2) is 10.4. The highest BCUT2D eigenvalue weighted by atomic mass is 16.1. The molecule has 6 heteroatoms. The van der Waals surface area contributed by atoms with E-state index in [4.69, 9.17) is 0 Å². The lowest BCUT2D eigenvalue weighted by Gasteiger charge is -2.12. The molecule has 2 aromatic rings. The van der Waals surface area contributed by atoms with Crippen LogP contribution < -0.4 is 16.0 Å². The molecule has 28 heavy (non-hydrogen) atoms. The number of hydrogen-bond donors (Lipinski definition) is 3. The number of anilines is 1. The summed E-state index contributed by atoms with van der Waals surface area (Å²) in [7, 11) is 0. The van der Waals surface area contributed by atoms with E-state index in [2.05, 4.69) is 25.9 Å². The van der Waals surface area contributed by atoms with Gasteiger partial charge in [0.25, 0.3) is 0 Å². The van der Waals surface area contributed by atoms with Gasteiger partial charge in [-0.25, -0.2) is 4.99 Å². The SMILES string of the molecule is CCNC(=NCc1cccc(NC(=O)C2CCCC2)c1)NCc1ccccn1. The van der Waals surface area contributed by atoms with Gasteiger partial charge in [-0.3, -0.25) is 9.78 Å². The molecule has 3 N–H and O–H groups in total. The van der Waals surface area contributed by atoms with Crippen LogP contribution in [0, 0.1) is 5.92 Å². The van der Waals surface area contributed by atoms with Crippen molar-refractivity contribution in [3.05, 3.63) is 59.9 Å². The molecular weight excluding hydrogens is 350 g/mol. The molecule has 148 valence electrons. The number of aliphatic imine (C=N–C) groups is 1. The number of guanidine groups is 1. The Balaban J connectivity index is 1.58. The molecule has 0 spiro atoms. The summed E-state index contributed by atoms with van der Waals surface area (Å²) >= 11 is 0. The molecule has 0 atom stereocenters. The van der Waals surface area contributed by atoms with Crippen LogP contribution in [0.5, 0.6) is 0 Å². The number of carbonyl (C=O) groups excluding carboxylic acids is 1. The first-order valence-electron chi connectivity index (χ1n) is 10.1. The molecule has 1 aromatic carbocycles. The topological polar surface area (TPSA) is 78.4 Å². The second-order valence-corrected chi connectivity index (χ2v) is 7.04. The minimum Gasteiger partial charge on any atom is -0.357 e. The highest BCUT2D eigenvalue weighted by molar-refractivity contribution is 5.92. The Morgan fingerprint density at radius 3 is 2.75 bits per heavy atom. The maximum atomic E-state index is 12.3. The highest BCUT2D eigenvalue weighted by Gasteiger charge is 2.22. The molecule has 1 saturated carbocycles. The minimum atomic E-state index is 0.142. The molecule has 1 aliphatic rings. The Labute approximate surface area is 166 Å². The maximum Gasteiger partial charge on any atom is 0.227 e. The summed E-state index contributed by atoms with van der Waals surface area (Å²) in [6, 6.07) is 13.8. The zero-order chi connectivity index (χ0) is 19.6. The van der Waals surface area contributed by atoms with Crippen LogP contribution in [0.2, 0.25) is 0 Å². The molecule has 6 nitrogen and oxygen atoms in total. The van der Waals surface area contributed by atoms with Crippen molar-refractivity contribution < 1.29 is 4.79 Å². The summed E-state index contributed by atoms with van der Waals surface area (Å²) < 4.78 is 0. The van der Waals surface area contributed by atoms with E-state index >= 15 is 0 Å². The van der Waals surface area contributed by atoms with Crippen molar-refractivity contribution in [1.29, 1.82) is 0 Å². The lowest BCUT2D eigenvalue weighted by Crippen LogP contribution is -2.37. The van der Waals surface area contributed by atoms with Crippen molar-refractivity contribution in [2.75, 3.05) is 11.9 Å². The van der Waals surface area contributed by atoms with E-state index < -0.39 is 0 Å². The van der Waals surface area contributed by atoms with Gasteiger partial charge in [0.2, 0.25) is 5.91 Å². The monoisotopic (exact) mass is 379 g/mol. The van der Waals surface area contributed by atoms with E-state index in [0.717, 1.165) is 55.1 Å². The van der Waals surface area contributed by atoms with Crippen LogP contribution in [-0.4, -0.2) is 23.4 Å². The number of aromatic nitrogens is 1. The summed E-state index contributed by atoms with van der Waals surface area (Å²) in [4.78, 5) is 21.3. The largest absolute Gasteiger partial charge is 0.357 e. The Kier molecular flexibility index (Phi) is 7.41. The van der Waals surface area contributed by atoms with Crippen LogP contribution in [0.4, 0.5) is 5.69 Å². The third-order valence-electron chi connectivity index (χ3n) is 4.85. The number of pyridine rings is 1. The number of rotatable bonds is 7. The van der Waals surface area contributed by atoms with Gasteiger partial charge in [-0.1, -0.05) is 31.0 Å². The third kappa shape index (κ3) is 6.08. The first-order valence-corrected chi connectivity index (χ1v) is 10.1. The number of nitrogens with zero attached hydrogens (tertiary/aromatic N) is 2. The van der Waals surface area contributed by atoms with Crippen LogP contribution in [0.25, 0.3) is 0 Å². The molecular formula is C22H29N5O. The fourth-order valence-corrected chi connectivity index (χ4v) is 3.37. The molecule has 1 fully saturated rings. The van der Waals surface area contributed by atoms with Crippen LogP contribution in [0.1, 0.15) is 43.9 Å². The van der Waals surface area contributed by atoms with Crippen LogP contribution in [-0.2, 0) is 17.9 Å². The standard InChI is InChI=1S/C22H29N5O/c1-2-23-22(26-16-20-11-5-6-13-24-20)25-15-17-8-7-12-19(14-17)27-21(28)18-9-3-4-10-18/h5-8,11-14,18H,2-4,9-10,15-16H2,1H3,(H,27,28)(H2,23,25,26). The number of benzene rings is 1. The predicted molar refractivity (Wildman–Crippen MR) is 113 cm³/mol. The summed E-state index contributed by atoms with van der Waals surface area (Å²) in [6.07, 6.45) is 6.11. The molecule has 1 amide bonds.